The number of nitrogens with one attached hydrogen (secondary N) is 1. The van der Waals surface area contributed by atoms with Gasteiger partial charge in [0, 0.05) is 12.6 Å². The average Bonchev–Trinajstić information content (AvgIpc) is 3.49. The zero-order chi connectivity index (χ0) is 30.1. The number of carbonyl (C=O) groups is 2. The molecule has 0 bridgehead atoms. The van der Waals surface area contributed by atoms with Gasteiger partial charge in [-0.25, -0.2) is 8.42 Å². The number of hydrogen-bond donors (Lipinski definition) is 1. The predicted octanol–water partition coefficient (Wildman–Crippen LogP) is 5.12. The van der Waals surface area contributed by atoms with Crippen molar-refractivity contribution in [1.82, 2.24) is 10.2 Å². The first-order chi connectivity index (χ1) is 20.2. The van der Waals surface area contributed by atoms with Crippen LogP contribution in [0.2, 0.25) is 0 Å². The van der Waals surface area contributed by atoms with E-state index in [2.05, 4.69) is 5.32 Å². The lowest BCUT2D eigenvalue weighted by atomic mass is 10.1. The van der Waals surface area contributed by atoms with Crippen molar-refractivity contribution >= 4 is 27.5 Å². The highest BCUT2D eigenvalue weighted by molar-refractivity contribution is 7.92. The third-order valence-corrected chi connectivity index (χ3v) is 8.50. The van der Waals surface area contributed by atoms with E-state index in [9.17, 15) is 18.0 Å². The Labute approximate surface area is 248 Å². The van der Waals surface area contributed by atoms with E-state index in [0.717, 1.165) is 41.8 Å². The van der Waals surface area contributed by atoms with E-state index in [0.29, 0.717) is 29.4 Å². The number of amides is 2. The van der Waals surface area contributed by atoms with Crippen LogP contribution in [0.3, 0.4) is 0 Å². The van der Waals surface area contributed by atoms with Crippen molar-refractivity contribution in [2.24, 2.45) is 0 Å². The summed E-state index contributed by atoms with van der Waals surface area (Å²) in [6.07, 6.45) is 5.39. The molecule has 1 saturated carbocycles. The molecular formula is C32H39N3O6S. The Morgan fingerprint density at radius 2 is 1.57 bits per heavy atom. The molecule has 0 saturated heterocycles. The van der Waals surface area contributed by atoms with Crippen LogP contribution in [0, 0.1) is 0 Å². The van der Waals surface area contributed by atoms with Crippen LogP contribution < -0.4 is 19.1 Å². The van der Waals surface area contributed by atoms with Crippen molar-refractivity contribution in [3.05, 3.63) is 84.4 Å². The van der Waals surface area contributed by atoms with Gasteiger partial charge >= 0.3 is 0 Å². The van der Waals surface area contributed by atoms with Crippen molar-refractivity contribution in [2.45, 2.75) is 57.7 Å². The molecule has 0 heterocycles. The molecular weight excluding hydrogens is 554 g/mol. The van der Waals surface area contributed by atoms with Gasteiger partial charge in [-0.2, -0.15) is 0 Å². The highest BCUT2D eigenvalue weighted by atomic mass is 32.2. The van der Waals surface area contributed by atoms with Gasteiger partial charge in [-0.3, -0.25) is 13.9 Å². The summed E-state index contributed by atoms with van der Waals surface area (Å²) < 4.78 is 38.1. The maximum absolute atomic E-state index is 14.0. The first-order valence-electron chi connectivity index (χ1n) is 14.2. The standard InChI is InChI=1S/C32H39N3O6S/c1-4-30(32(37)33-25-12-8-9-13-25)34(22-24-11-10-16-29(21-24)40-2)31(36)23-35(42(3,38)39)26-17-19-28(20-18-26)41-27-14-6-5-7-15-27/h5-7,10-11,14-21,25,30H,4,8-9,12-13,22-23H2,1-3H3,(H,33,37)/t30-/m1/s1. The Morgan fingerprint density at radius 1 is 0.929 bits per heavy atom. The molecule has 2 amide bonds. The number of anilines is 1. The van der Waals surface area contributed by atoms with Crippen molar-refractivity contribution in [1.29, 1.82) is 0 Å². The maximum Gasteiger partial charge on any atom is 0.244 e. The maximum atomic E-state index is 14.0. The van der Waals surface area contributed by atoms with Crippen molar-refractivity contribution in [2.75, 3.05) is 24.2 Å². The third-order valence-electron chi connectivity index (χ3n) is 7.36. The number of benzene rings is 3. The van der Waals surface area contributed by atoms with Crippen LogP contribution in [0.1, 0.15) is 44.6 Å². The monoisotopic (exact) mass is 593 g/mol. The lowest BCUT2D eigenvalue weighted by Crippen LogP contribution is -2.53. The van der Waals surface area contributed by atoms with E-state index in [1.165, 1.54) is 4.90 Å². The van der Waals surface area contributed by atoms with Gasteiger partial charge in [-0.05, 0) is 73.4 Å². The SMILES string of the molecule is CC[C@H](C(=O)NC1CCCC1)N(Cc1cccc(OC)c1)C(=O)CN(c1ccc(Oc2ccccc2)cc1)S(C)(=O)=O. The van der Waals surface area contributed by atoms with Crippen LogP contribution >= 0.6 is 0 Å². The molecule has 224 valence electrons. The van der Waals surface area contributed by atoms with E-state index in [4.69, 9.17) is 9.47 Å². The Bertz CT molecular complexity index is 1440. The van der Waals surface area contributed by atoms with Crippen LogP contribution in [-0.2, 0) is 26.2 Å². The van der Waals surface area contributed by atoms with E-state index in [-0.39, 0.29) is 18.5 Å². The van der Waals surface area contributed by atoms with Crippen molar-refractivity contribution in [3.8, 4) is 17.2 Å². The van der Waals surface area contributed by atoms with Crippen molar-refractivity contribution in [3.63, 3.8) is 0 Å². The summed E-state index contributed by atoms with van der Waals surface area (Å²) in [5.41, 5.74) is 1.08. The van der Waals surface area contributed by atoms with Gasteiger partial charge in [0.05, 0.1) is 19.1 Å². The molecule has 3 aromatic carbocycles. The number of hydrogen-bond acceptors (Lipinski definition) is 6. The smallest absolute Gasteiger partial charge is 0.244 e. The molecule has 0 aliphatic heterocycles. The highest BCUT2D eigenvalue weighted by Gasteiger charge is 2.33. The van der Waals surface area contributed by atoms with Crippen molar-refractivity contribution < 1.29 is 27.5 Å². The molecule has 1 N–H and O–H groups in total. The Kier molecular flexibility index (Phi) is 10.5. The lowest BCUT2D eigenvalue weighted by molar-refractivity contribution is -0.140. The molecule has 0 radical (unpaired) electrons. The molecule has 1 aliphatic rings. The van der Waals surface area contributed by atoms with Gasteiger partial charge in [0.1, 0.15) is 29.8 Å². The molecule has 1 aliphatic carbocycles. The second-order valence-corrected chi connectivity index (χ2v) is 12.4. The summed E-state index contributed by atoms with van der Waals surface area (Å²) in [7, 11) is -2.29. The van der Waals surface area contributed by atoms with Gasteiger partial charge in [-0.1, -0.05) is 50.1 Å². The molecule has 0 aromatic heterocycles. The molecule has 3 aromatic rings. The van der Waals surface area contributed by atoms with E-state index in [1.807, 2.05) is 55.5 Å². The van der Waals surface area contributed by atoms with E-state index >= 15 is 0 Å². The zero-order valence-electron chi connectivity index (χ0n) is 24.4. The fraction of sp³-hybridized carbons (Fsp3) is 0.375. The molecule has 1 fully saturated rings. The number of methoxy groups -OCH3 is 1. The van der Waals surface area contributed by atoms with Gasteiger partial charge in [0.2, 0.25) is 21.8 Å². The minimum atomic E-state index is -3.85. The minimum Gasteiger partial charge on any atom is -0.497 e. The summed E-state index contributed by atoms with van der Waals surface area (Å²) in [5, 5.41) is 3.11. The van der Waals surface area contributed by atoms with E-state index < -0.39 is 28.5 Å². The van der Waals surface area contributed by atoms with Gasteiger partial charge in [0.25, 0.3) is 0 Å². The minimum absolute atomic E-state index is 0.0875. The molecule has 10 heteroatoms. The van der Waals surface area contributed by atoms with Crippen LogP contribution in [-0.4, -0.2) is 57.1 Å². The number of para-hydroxylation sites is 1. The third kappa shape index (κ3) is 8.25. The molecule has 0 unspecified atom stereocenters. The Morgan fingerprint density at radius 3 is 2.19 bits per heavy atom. The van der Waals surface area contributed by atoms with Crippen LogP contribution in [0.5, 0.6) is 17.2 Å². The summed E-state index contributed by atoms with van der Waals surface area (Å²) >= 11 is 0. The van der Waals surface area contributed by atoms with Gasteiger partial charge in [-0.15, -0.1) is 0 Å². The molecule has 0 spiro atoms. The second kappa shape index (κ2) is 14.2. The Hall–Kier alpha value is -4.05. The fourth-order valence-electron chi connectivity index (χ4n) is 5.17. The second-order valence-electron chi connectivity index (χ2n) is 10.5. The summed E-state index contributed by atoms with van der Waals surface area (Å²) in [5.74, 6) is 1.09. The number of ether oxygens (including phenoxy) is 2. The molecule has 4 rings (SSSR count). The highest BCUT2D eigenvalue weighted by Crippen LogP contribution is 2.26. The quantitative estimate of drug-likeness (QED) is 0.295. The van der Waals surface area contributed by atoms with Crippen LogP contribution in [0.4, 0.5) is 5.69 Å². The number of rotatable bonds is 13. The summed E-state index contributed by atoms with van der Waals surface area (Å²) in [6.45, 7) is 1.51. The molecule has 42 heavy (non-hydrogen) atoms. The largest absolute Gasteiger partial charge is 0.497 e. The van der Waals surface area contributed by atoms with Gasteiger partial charge < -0.3 is 19.7 Å². The normalized spacial score (nSPS) is 14.2. The Balaban J connectivity index is 1.59. The fourth-order valence-corrected chi connectivity index (χ4v) is 6.02. The van der Waals surface area contributed by atoms with E-state index in [1.54, 1.807) is 37.4 Å². The predicted molar refractivity (Wildman–Crippen MR) is 163 cm³/mol. The summed E-state index contributed by atoms with van der Waals surface area (Å²) in [4.78, 5) is 28.9. The molecule has 9 nitrogen and oxygen atoms in total. The van der Waals surface area contributed by atoms with Crippen LogP contribution in [0.15, 0.2) is 78.9 Å². The number of sulfonamides is 1. The van der Waals surface area contributed by atoms with Crippen LogP contribution in [0.25, 0.3) is 0 Å². The summed E-state index contributed by atoms with van der Waals surface area (Å²) in [6, 6.07) is 22.3. The number of carbonyl (C=O) groups excluding carboxylic acids is 2. The lowest BCUT2D eigenvalue weighted by Gasteiger charge is -2.33. The average molecular weight is 594 g/mol. The van der Waals surface area contributed by atoms with Gasteiger partial charge in [0.15, 0.2) is 0 Å². The number of nitrogens with zero attached hydrogens (tertiary/aromatic N) is 2. The first kappa shape index (κ1) is 30.9. The topological polar surface area (TPSA) is 105 Å². The molecule has 1 atom stereocenters. The zero-order valence-corrected chi connectivity index (χ0v) is 25.2. The first-order valence-corrected chi connectivity index (χ1v) is 16.1.